The smallest absolute Gasteiger partial charge is 0.290 e. The number of rotatable bonds is 3. The molecular weight excluding hydrogens is 349 g/mol. The van der Waals surface area contributed by atoms with E-state index in [4.69, 9.17) is 0 Å². The molecular formula is C17H15F3N4O2. The number of carbonyl (C=O) groups excluding carboxylic acids is 1. The van der Waals surface area contributed by atoms with Gasteiger partial charge in [0.1, 0.15) is 5.56 Å². The van der Waals surface area contributed by atoms with Crippen molar-refractivity contribution in [3.05, 3.63) is 65.0 Å². The number of H-pyrrole nitrogens is 1. The fourth-order valence-corrected chi connectivity index (χ4v) is 2.19. The van der Waals surface area contributed by atoms with Gasteiger partial charge in [-0.2, -0.15) is 13.2 Å². The quantitative estimate of drug-likeness (QED) is 0.723. The van der Waals surface area contributed by atoms with Crippen LogP contribution in [0.4, 0.5) is 13.2 Å². The van der Waals surface area contributed by atoms with Gasteiger partial charge in [0.2, 0.25) is 0 Å². The third-order valence-electron chi connectivity index (χ3n) is 3.27. The molecule has 3 heterocycles. The number of halogens is 3. The summed E-state index contributed by atoms with van der Waals surface area (Å²) < 4.78 is 39.5. The highest BCUT2D eigenvalue weighted by Crippen LogP contribution is 2.27. The topological polar surface area (TPSA) is 80.6 Å². The summed E-state index contributed by atoms with van der Waals surface area (Å²) in [5, 5.41) is 2.56. The molecule has 3 aromatic rings. The molecule has 136 valence electrons. The Labute approximate surface area is 146 Å². The van der Waals surface area contributed by atoms with E-state index in [1.165, 1.54) is 49.1 Å². The van der Waals surface area contributed by atoms with Crippen LogP contribution in [0.25, 0.3) is 16.9 Å². The summed E-state index contributed by atoms with van der Waals surface area (Å²) in [5.41, 5.74) is -1.78. The number of nitrogens with zero attached hydrogens (tertiary/aromatic N) is 3. The molecule has 0 atom stereocenters. The summed E-state index contributed by atoms with van der Waals surface area (Å²) in [6, 6.07) is 5.65. The second kappa shape index (κ2) is 7.77. The zero-order valence-electron chi connectivity index (χ0n) is 13.9. The standard InChI is InChI=1S/C15H9F3N4O2.C2H6/c16-15(17,18)13(23)11-12(9-1-5-19-6-2-9)21-22(14(11)24)10-3-7-20-8-4-10;1-2/h1-8,21H;1-2H3. The molecule has 9 heteroatoms. The Morgan fingerprint density at radius 2 is 1.50 bits per heavy atom. The van der Waals surface area contributed by atoms with E-state index >= 15 is 0 Å². The summed E-state index contributed by atoms with van der Waals surface area (Å²) in [5.74, 6) is -2.21. The van der Waals surface area contributed by atoms with Gasteiger partial charge in [-0.25, -0.2) is 4.68 Å². The number of carbonyl (C=O) groups is 1. The third kappa shape index (κ3) is 3.71. The van der Waals surface area contributed by atoms with Crippen LogP contribution in [0, 0.1) is 0 Å². The molecule has 0 saturated carbocycles. The third-order valence-corrected chi connectivity index (χ3v) is 3.27. The monoisotopic (exact) mass is 364 g/mol. The Bertz CT molecular complexity index is 932. The van der Waals surface area contributed by atoms with Crippen LogP contribution in [-0.2, 0) is 0 Å². The normalized spacial score (nSPS) is 10.8. The van der Waals surface area contributed by atoms with Gasteiger partial charge in [0.25, 0.3) is 11.3 Å². The number of pyridine rings is 2. The number of nitrogens with one attached hydrogen (secondary N) is 1. The molecule has 0 radical (unpaired) electrons. The molecule has 0 aliphatic rings. The maximum absolute atomic E-state index is 12.9. The number of Topliss-reactive ketones (excluding diaryl/α,β-unsaturated/α-hetero) is 1. The van der Waals surface area contributed by atoms with Crippen LogP contribution in [0.15, 0.2) is 53.8 Å². The van der Waals surface area contributed by atoms with E-state index in [1.807, 2.05) is 13.8 Å². The lowest BCUT2D eigenvalue weighted by Gasteiger charge is -2.04. The Morgan fingerprint density at radius 1 is 1.00 bits per heavy atom. The van der Waals surface area contributed by atoms with Crippen LogP contribution in [0.5, 0.6) is 0 Å². The van der Waals surface area contributed by atoms with Gasteiger partial charge in [-0.15, -0.1) is 0 Å². The lowest BCUT2D eigenvalue weighted by molar-refractivity contribution is -0.0885. The Morgan fingerprint density at radius 3 is 2.00 bits per heavy atom. The largest absolute Gasteiger partial charge is 0.455 e. The van der Waals surface area contributed by atoms with Crippen molar-refractivity contribution in [1.82, 2.24) is 19.7 Å². The number of aromatic amines is 1. The molecule has 0 bridgehead atoms. The summed E-state index contributed by atoms with van der Waals surface area (Å²) in [4.78, 5) is 31.7. The second-order valence-electron chi connectivity index (χ2n) is 4.77. The van der Waals surface area contributed by atoms with Gasteiger partial charge in [0.15, 0.2) is 0 Å². The van der Waals surface area contributed by atoms with Crippen molar-refractivity contribution in [3.8, 4) is 16.9 Å². The Balaban J connectivity index is 0.00000117. The molecule has 0 unspecified atom stereocenters. The molecule has 0 amide bonds. The second-order valence-corrected chi connectivity index (χ2v) is 4.77. The van der Waals surface area contributed by atoms with E-state index in [2.05, 4.69) is 15.1 Å². The van der Waals surface area contributed by atoms with E-state index < -0.39 is 23.1 Å². The van der Waals surface area contributed by atoms with Gasteiger partial charge in [-0.1, -0.05) is 13.8 Å². The number of hydrogen-bond acceptors (Lipinski definition) is 4. The first-order valence-electron chi connectivity index (χ1n) is 7.67. The van der Waals surface area contributed by atoms with Gasteiger partial charge in [-0.05, 0) is 24.3 Å². The zero-order chi connectivity index (χ0) is 19.3. The molecule has 0 aliphatic heterocycles. The predicted octanol–water partition coefficient (Wildman–Crippen LogP) is 3.39. The Kier molecular flexibility index (Phi) is 5.71. The SMILES string of the molecule is CC.O=C(c1c(-c2ccncc2)[nH]n(-c2ccncc2)c1=O)C(F)(F)F. The minimum Gasteiger partial charge on any atom is -0.290 e. The van der Waals surface area contributed by atoms with Crippen LogP contribution in [0.2, 0.25) is 0 Å². The van der Waals surface area contributed by atoms with Crippen molar-refractivity contribution in [2.24, 2.45) is 0 Å². The lowest BCUT2D eigenvalue weighted by Crippen LogP contribution is -2.29. The van der Waals surface area contributed by atoms with Gasteiger partial charge in [-0.3, -0.25) is 24.7 Å². The predicted molar refractivity (Wildman–Crippen MR) is 89.1 cm³/mol. The van der Waals surface area contributed by atoms with Crippen LogP contribution < -0.4 is 5.56 Å². The highest BCUT2D eigenvalue weighted by Gasteiger charge is 2.43. The highest BCUT2D eigenvalue weighted by molar-refractivity contribution is 6.04. The minimum absolute atomic E-state index is 0.221. The van der Waals surface area contributed by atoms with Crippen LogP contribution >= 0.6 is 0 Å². The van der Waals surface area contributed by atoms with E-state index in [0.29, 0.717) is 0 Å². The maximum atomic E-state index is 12.9. The van der Waals surface area contributed by atoms with Gasteiger partial charge >= 0.3 is 6.18 Å². The maximum Gasteiger partial charge on any atom is 0.455 e. The molecule has 6 nitrogen and oxygen atoms in total. The Hall–Kier alpha value is -3.23. The molecule has 3 aromatic heterocycles. The average Bonchev–Trinajstić information content (AvgIpc) is 3.00. The summed E-state index contributed by atoms with van der Waals surface area (Å²) >= 11 is 0. The highest BCUT2D eigenvalue weighted by atomic mass is 19.4. The number of hydrogen-bond donors (Lipinski definition) is 1. The molecule has 3 rings (SSSR count). The molecule has 0 aromatic carbocycles. The van der Waals surface area contributed by atoms with Crippen molar-refractivity contribution in [2.75, 3.05) is 0 Å². The van der Waals surface area contributed by atoms with E-state index in [1.54, 1.807) is 0 Å². The lowest BCUT2D eigenvalue weighted by atomic mass is 10.1. The first-order valence-corrected chi connectivity index (χ1v) is 7.67. The first-order chi connectivity index (χ1) is 12.4. The summed E-state index contributed by atoms with van der Waals surface area (Å²) in [6.07, 6.45) is 0.275. The van der Waals surface area contributed by atoms with Gasteiger partial charge in [0, 0.05) is 30.4 Å². The fourth-order valence-electron chi connectivity index (χ4n) is 2.19. The molecule has 0 aliphatic carbocycles. The molecule has 0 fully saturated rings. The number of aromatic nitrogens is 4. The van der Waals surface area contributed by atoms with Crippen molar-refractivity contribution in [3.63, 3.8) is 0 Å². The van der Waals surface area contributed by atoms with Crippen molar-refractivity contribution in [1.29, 1.82) is 0 Å². The van der Waals surface area contributed by atoms with Crippen LogP contribution in [-0.4, -0.2) is 31.7 Å². The van der Waals surface area contributed by atoms with Crippen molar-refractivity contribution in [2.45, 2.75) is 20.0 Å². The van der Waals surface area contributed by atoms with E-state index in [0.717, 1.165) is 4.68 Å². The fraction of sp³-hybridized carbons (Fsp3) is 0.176. The number of alkyl halides is 3. The number of ketones is 1. The van der Waals surface area contributed by atoms with Crippen molar-refractivity contribution >= 4 is 5.78 Å². The van der Waals surface area contributed by atoms with Crippen LogP contribution in [0.1, 0.15) is 24.2 Å². The van der Waals surface area contributed by atoms with E-state index in [-0.39, 0.29) is 16.9 Å². The van der Waals surface area contributed by atoms with Gasteiger partial charge < -0.3 is 0 Å². The summed E-state index contributed by atoms with van der Waals surface area (Å²) in [6.45, 7) is 4.00. The van der Waals surface area contributed by atoms with Gasteiger partial charge in [0.05, 0.1) is 11.4 Å². The average molecular weight is 364 g/mol. The molecule has 26 heavy (non-hydrogen) atoms. The molecule has 0 spiro atoms. The summed E-state index contributed by atoms with van der Waals surface area (Å²) in [7, 11) is 0. The zero-order valence-corrected chi connectivity index (χ0v) is 13.9. The minimum atomic E-state index is -5.17. The van der Waals surface area contributed by atoms with E-state index in [9.17, 15) is 22.8 Å². The van der Waals surface area contributed by atoms with Crippen LogP contribution in [0.3, 0.4) is 0 Å². The molecule has 0 saturated heterocycles. The first kappa shape index (κ1) is 19.1. The van der Waals surface area contributed by atoms with Crippen molar-refractivity contribution < 1.29 is 18.0 Å². The molecule has 1 N–H and O–H groups in total.